The summed E-state index contributed by atoms with van der Waals surface area (Å²) in [4.78, 5) is 17.6. The standard InChI is InChI=1S/C11H18N2O2S/c1-8(2)13(5-6-15-4)11-12-10(7-16-11)9(3)14/h7-8H,5-6H2,1-4H3. The quantitative estimate of drug-likeness (QED) is 0.717. The number of ketones is 1. The summed E-state index contributed by atoms with van der Waals surface area (Å²) in [6.07, 6.45) is 0. The number of anilines is 1. The highest BCUT2D eigenvalue weighted by molar-refractivity contribution is 7.13. The van der Waals surface area contributed by atoms with Gasteiger partial charge in [0.25, 0.3) is 0 Å². The lowest BCUT2D eigenvalue weighted by atomic mass is 10.3. The molecule has 16 heavy (non-hydrogen) atoms. The zero-order chi connectivity index (χ0) is 12.1. The van der Waals surface area contributed by atoms with Crippen LogP contribution in [0, 0.1) is 0 Å². The Kier molecular flexibility index (Phi) is 4.89. The molecule has 1 aromatic heterocycles. The molecule has 1 aromatic rings. The van der Waals surface area contributed by atoms with Crippen LogP contribution in [0.4, 0.5) is 5.13 Å². The van der Waals surface area contributed by atoms with E-state index < -0.39 is 0 Å². The summed E-state index contributed by atoms with van der Waals surface area (Å²) in [5.74, 6) is 0.0120. The van der Waals surface area contributed by atoms with E-state index in [2.05, 4.69) is 23.7 Å². The Morgan fingerprint density at radius 2 is 2.31 bits per heavy atom. The lowest BCUT2D eigenvalue weighted by Gasteiger charge is -2.25. The second-order valence-corrected chi connectivity index (χ2v) is 4.69. The highest BCUT2D eigenvalue weighted by Gasteiger charge is 2.15. The molecule has 0 atom stereocenters. The Morgan fingerprint density at radius 3 is 2.75 bits per heavy atom. The van der Waals surface area contributed by atoms with Crippen LogP contribution in [-0.4, -0.2) is 37.1 Å². The molecule has 0 spiro atoms. The summed E-state index contributed by atoms with van der Waals surface area (Å²) < 4.78 is 5.07. The molecule has 0 aliphatic rings. The lowest BCUT2D eigenvalue weighted by Crippen LogP contribution is -2.33. The average molecular weight is 242 g/mol. The first-order chi connectivity index (χ1) is 7.56. The van der Waals surface area contributed by atoms with Crippen LogP contribution in [0.5, 0.6) is 0 Å². The molecule has 0 unspecified atom stereocenters. The molecular weight excluding hydrogens is 224 g/mol. The zero-order valence-electron chi connectivity index (χ0n) is 10.2. The Hall–Kier alpha value is -0.940. The van der Waals surface area contributed by atoms with Crippen LogP contribution < -0.4 is 4.90 Å². The van der Waals surface area contributed by atoms with Crippen molar-refractivity contribution in [3.63, 3.8) is 0 Å². The van der Waals surface area contributed by atoms with Gasteiger partial charge in [-0.25, -0.2) is 4.98 Å². The number of hydrogen-bond donors (Lipinski definition) is 0. The van der Waals surface area contributed by atoms with Crippen molar-refractivity contribution in [1.29, 1.82) is 0 Å². The smallest absolute Gasteiger partial charge is 0.186 e. The fourth-order valence-corrected chi connectivity index (χ4v) is 2.35. The highest BCUT2D eigenvalue weighted by Crippen LogP contribution is 2.22. The van der Waals surface area contributed by atoms with Gasteiger partial charge in [0.1, 0.15) is 5.69 Å². The second kappa shape index (κ2) is 5.96. The molecule has 5 heteroatoms. The lowest BCUT2D eigenvalue weighted by molar-refractivity contribution is 0.101. The topological polar surface area (TPSA) is 42.4 Å². The van der Waals surface area contributed by atoms with Gasteiger partial charge in [0, 0.05) is 32.0 Å². The monoisotopic (exact) mass is 242 g/mol. The summed E-state index contributed by atoms with van der Waals surface area (Å²) in [5.41, 5.74) is 0.545. The number of methoxy groups -OCH3 is 1. The van der Waals surface area contributed by atoms with E-state index >= 15 is 0 Å². The second-order valence-electron chi connectivity index (χ2n) is 3.85. The van der Waals surface area contributed by atoms with Gasteiger partial charge in [-0.1, -0.05) is 0 Å². The van der Waals surface area contributed by atoms with E-state index in [1.165, 1.54) is 18.3 Å². The van der Waals surface area contributed by atoms with Gasteiger partial charge in [0.15, 0.2) is 10.9 Å². The maximum atomic E-state index is 11.2. The SMILES string of the molecule is COCCN(c1nc(C(C)=O)cs1)C(C)C. The third-order valence-electron chi connectivity index (χ3n) is 2.26. The van der Waals surface area contributed by atoms with Crippen molar-refractivity contribution in [2.24, 2.45) is 0 Å². The van der Waals surface area contributed by atoms with Crippen LogP contribution in [0.1, 0.15) is 31.3 Å². The van der Waals surface area contributed by atoms with Crippen molar-refractivity contribution in [3.05, 3.63) is 11.1 Å². The zero-order valence-corrected chi connectivity index (χ0v) is 11.0. The Labute approximate surface area is 100 Å². The highest BCUT2D eigenvalue weighted by atomic mass is 32.1. The van der Waals surface area contributed by atoms with Gasteiger partial charge in [0.2, 0.25) is 0 Å². The van der Waals surface area contributed by atoms with Crippen LogP contribution in [0.2, 0.25) is 0 Å². The Morgan fingerprint density at radius 1 is 1.62 bits per heavy atom. The van der Waals surface area contributed by atoms with E-state index in [4.69, 9.17) is 4.74 Å². The van der Waals surface area contributed by atoms with E-state index in [-0.39, 0.29) is 5.78 Å². The van der Waals surface area contributed by atoms with E-state index in [0.29, 0.717) is 18.3 Å². The molecule has 0 fully saturated rings. The fourth-order valence-electron chi connectivity index (χ4n) is 1.32. The minimum atomic E-state index is 0.0120. The first kappa shape index (κ1) is 13.1. The van der Waals surface area contributed by atoms with Gasteiger partial charge in [-0.3, -0.25) is 4.79 Å². The molecule has 1 rings (SSSR count). The molecule has 90 valence electrons. The van der Waals surface area contributed by atoms with Crippen molar-refractivity contribution < 1.29 is 9.53 Å². The van der Waals surface area contributed by atoms with Crippen molar-refractivity contribution in [2.75, 3.05) is 25.2 Å². The minimum absolute atomic E-state index is 0.0120. The van der Waals surface area contributed by atoms with Crippen molar-refractivity contribution in [2.45, 2.75) is 26.8 Å². The summed E-state index contributed by atoms with van der Waals surface area (Å²) in [6.45, 7) is 7.19. The number of thiazole rings is 1. The molecular formula is C11H18N2O2S. The maximum absolute atomic E-state index is 11.2. The molecule has 1 heterocycles. The van der Waals surface area contributed by atoms with Gasteiger partial charge in [-0.15, -0.1) is 11.3 Å². The fraction of sp³-hybridized carbons (Fsp3) is 0.636. The molecule has 0 amide bonds. The molecule has 0 saturated heterocycles. The normalized spacial score (nSPS) is 10.8. The molecule has 4 nitrogen and oxygen atoms in total. The average Bonchev–Trinajstić information content (AvgIpc) is 2.67. The van der Waals surface area contributed by atoms with Crippen LogP contribution in [0.25, 0.3) is 0 Å². The van der Waals surface area contributed by atoms with Crippen LogP contribution in [0.15, 0.2) is 5.38 Å². The van der Waals surface area contributed by atoms with Crippen molar-refractivity contribution in [3.8, 4) is 0 Å². The number of rotatable bonds is 6. The molecule has 0 saturated carbocycles. The predicted molar refractivity (Wildman–Crippen MR) is 66.5 cm³/mol. The number of carbonyl (C=O) groups excluding carboxylic acids is 1. The molecule has 0 aliphatic heterocycles. The van der Waals surface area contributed by atoms with Crippen LogP contribution in [0.3, 0.4) is 0 Å². The third kappa shape index (κ3) is 3.28. The third-order valence-corrected chi connectivity index (χ3v) is 3.14. The Bertz CT molecular complexity index is 350. The number of carbonyl (C=O) groups is 1. The summed E-state index contributed by atoms with van der Waals surface area (Å²) in [6, 6.07) is 0.348. The first-order valence-corrected chi connectivity index (χ1v) is 6.16. The van der Waals surface area contributed by atoms with Gasteiger partial charge in [-0.05, 0) is 13.8 Å². The van der Waals surface area contributed by atoms with Crippen molar-refractivity contribution >= 4 is 22.3 Å². The van der Waals surface area contributed by atoms with E-state index in [1.54, 1.807) is 12.5 Å². The number of ether oxygens (including phenoxy) is 1. The molecule has 0 N–H and O–H groups in total. The molecule has 0 radical (unpaired) electrons. The van der Waals surface area contributed by atoms with E-state index in [0.717, 1.165) is 11.7 Å². The Balaban J connectivity index is 2.80. The van der Waals surface area contributed by atoms with E-state index in [9.17, 15) is 4.79 Å². The minimum Gasteiger partial charge on any atom is -0.383 e. The predicted octanol–water partition coefficient (Wildman–Crippen LogP) is 2.21. The van der Waals surface area contributed by atoms with Gasteiger partial charge in [0.05, 0.1) is 6.61 Å². The largest absolute Gasteiger partial charge is 0.383 e. The summed E-state index contributed by atoms with van der Waals surface area (Å²) in [7, 11) is 1.68. The van der Waals surface area contributed by atoms with E-state index in [1.807, 2.05) is 0 Å². The summed E-state index contributed by atoms with van der Waals surface area (Å²) >= 11 is 1.50. The molecule has 0 aliphatic carbocycles. The van der Waals surface area contributed by atoms with Gasteiger partial charge < -0.3 is 9.64 Å². The summed E-state index contributed by atoms with van der Waals surface area (Å²) in [5, 5.41) is 2.69. The maximum Gasteiger partial charge on any atom is 0.186 e. The molecule has 0 aromatic carbocycles. The number of nitrogens with zero attached hydrogens (tertiary/aromatic N) is 2. The number of Topliss-reactive ketones (excluding diaryl/α,β-unsaturated/α-hetero) is 1. The van der Waals surface area contributed by atoms with Gasteiger partial charge >= 0.3 is 0 Å². The number of aromatic nitrogens is 1. The van der Waals surface area contributed by atoms with Gasteiger partial charge in [-0.2, -0.15) is 0 Å². The van der Waals surface area contributed by atoms with Crippen LogP contribution in [-0.2, 0) is 4.74 Å². The first-order valence-electron chi connectivity index (χ1n) is 5.28. The molecule has 0 bridgehead atoms. The van der Waals surface area contributed by atoms with Crippen molar-refractivity contribution in [1.82, 2.24) is 4.98 Å². The van der Waals surface area contributed by atoms with Crippen LogP contribution >= 0.6 is 11.3 Å². The number of hydrogen-bond acceptors (Lipinski definition) is 5.